The Morgan fingerprint density at radius 3 is 2.88 bits per heavy atom. The first-order chi connectivity index (χ1) is 3.87. The fourth-order valence-corrected chi connectivity index (χ4v) is 1.75. The third-order valence-electron chi connectivity index (χ3n) is 2.63. The molecule has 2 aliphatic rings. The van der Waals surface area contributed by atoms with Crippen molar-refractivity contribution in [2.45, 2.75) is 6.42 Å². The van der Waals surface area contributed by atoms with Gasteiger partial charge in [-0.3, -0.25) is 0 Å². The van der Waals surface area contributed by atoms with E-state index in [9.17, 15) is 0 Å². The number of hydrogen-bond acceptors (Lipinski definition) is 2. The van der Waals surface area contributed by atoms with Gasteiger partial charge in [0.15, 0.2) is 0 Å². The lowest BCUT2D eigenvalue weighted by molar-refractivity contribution is 0.528. The van der Waals surface area contributed by atoms with Crippen LogP contribution < -0.4 is 11.1 Å². The zero-order valence-corrected chi connectivity index (χ0v) is 4.98. The van der Waals surface area contributed by atoms with Gasteiger partial charge in [0.1, 0.15) is 0 Å². The minimum Gasteiger partial charge on any atom is -0.330 e. The Labute approximate surface area is 49.4 Å². The molecular formula is C6H12N2. The van der Waals surface area contributed by atoms with Crippen LogP contribution >= 0.6 is 0 Å². The van der Waals surface area contributed by atoms with Gasteiger partial charge < -0.3 is 11.1 Å². The summed E-state index contributed by atoms with van der Waals surface area (Å²) in [5, 5.41) is 3.33. The van der Waals surface area contributed by atoms with E-state index in [-0.39, 0.29) is 0 Å². The molecule has 2 atom stereocenters. The van der Waals surface area contributed by atoms with Gasteiger partial charge in [-0.15, -0.1) is 0 Å². The predicted octanol–water partition coefficient (Wildman–Crippen LogP) is -0.445. The summed E-state index contributed by atoms with van der Waals surface area (Å²) in [5.74, 6) is 0.937. The summed E-state index contributed by atoms with van der Waals surface area (Å²) in [4.78, 5) is 0. The molecule has 1 saturated heterocycles. The SMILES string of the molecule is NCC12CNCC1C2. The van der Waals surface area contributed by atoms with Crippen molar-refractivity contribution < 1.29 is 0 Å². The van der Waals surface area contributed by atoms with Gasteiger partial charge in [0.2, 0.25) is 0 Å². The summed E-state index contributed by atoms with van der Waals surface area (Å²) in [5.41, 5.74) is 6.14. The minimum absolute atomic E-state index is 0.569. The first kappa shape index (κ1) is 4.77. The van der Waals surface area contributed by atoms with E-state index in [1.54, 1.807) is 0 Å². The molecule has 3 N–H and O–H groups in total. The highest BCUT2D eigenvalue weighted by Gasteiger charge is 2.55. The van der Waals surface area contributed by atoms with E-state index in [4.69, 9.17) is 5.73 Å². The summed E-state index contributed by atoms with van der Waals surface area (Å²) >= 11 is 0. The number of hydrogen-bond donors (Lipinski definition) is 2. The van der Waals surface area contributed by atoms with E-state index in [0.717, 1.165) is 12.5 Å². The molecule has 46 valence electrons. The molecule has 1 saturated carbocycles. The maximum atomic E-state index is 5.57. The Hall–Kier alpha value is -0.0800. The first-order valence-corrected chi connectivity index (χ1v) is 3.28. The van der Waals surface area contributed by atoms with Crippen LogP contribution in [0.1, 0.15) is 6.42 Å². The van der Waals surface area contributed by atoms with Gasteiger partial charge in [-0.1, -0.05) is 0 Å². The van der Waals surface area contributed by atoms with Gasteiger partial charge in [-0.05, 0) is 30.8 Å². The van der Waals surface area contributed by atoms with Crippen molar-refractivity contribution in [1.29, 1.82) is 0 Å². The molecule has 2 rings (SSSR count). The van der Waals surface area contributed by atoms with E-state index in [1.165, 1.54) is 19.5 Å². The molecule has 0 bridgehead atoms. The Morgan fingerprint density at radius 2 is 2.62 bits per heavy atom. The van der Waals surface area contributed by atoms with E-state index in [0.29, 0.717) is 5.41 Å². The van der Waals surface area contributed by atoms with Gasteiger partial charge in [0.25, 0.3) is 0 Å². The van der Waals surface area contributed by atoms with Crippen molar-refractivity contribution in [3.63, 3.8) is 0 Å². The van der Waals surface area contributed by atoms with Crippen LogP contribution in [0.3, 0.4) is 0 Å². The molecule has 0 radical (unpaired) electrons. The molecule has 2 fully saturated rings. The Kier molecular flexibility index (Phi) is 0.746. The molecule has 2 unspecified atom stereocenters. The van der Waals surface area contributed by atoms with Crippen molar-refractivity contribution >= 4 is 0 Å². The van der Waals surface area contributed by atoms with Crippen LogP contribution in [0.2, 0.25) is 0 Å². The van der Waals surface area contributed by atoms with Gasteiger partial charge >= 0.3 is 0 Å². The number of rotatable bonds is 1. The maximum absolute atomic E-state index is 5.57. The highest BCUT2D eigenvalue weighted by atomic mass is 15.0. The molecule has 2 nitrogen and oxygen atoms in total. The van der Waals surface area contributed by atoms with Crippen molar-refractivity contribution in [3.8, 4) is 0 Å². The average molecular weight is 112 g/mol. The van der Waals surface area contributed by atoms with Crippen LogP contribution in [0, 0.1) is 11.3 Å². The summed E-state index contributed by atoms with van der Waals surface area (Å²) in [6.45, 7) is 3.29. The molecule has 0 amide bonds. The highest BCUT2D eigenvalue weighted by molar-refractivity contribution is 5.09. The molecule has 0 spiro atoms. The van der Waals surface area contributed by atoms with Gasteiger partial charge in [-0.25, -0.2) is 0 Å². The van der Waals surface area contributed by atoms with Gasteiger partial charge in [0.05, 0.1) is 0 Å². The molecular weight excluding hydrogens is 100 g/mol. The van der Waals surface area contributed by atoms with Crippen LogP contribution in [-0.2, 0) is 0 Å². The zero-order chi connectivity index (χ0) is 5.61. The molecule has 0 aromatic carbocycles. The topological polar surface area (TPSA) is 38.0 Å². The zero-order valence-electron chi connectivity index (χ0n) is 4.98. The van der Waals surface area contributed by atoms with Crippen molar-refractivity contribution in [1.82, 2.24) is 5.32 Å². The molecule has 0 aromatic rings. The lowest BCUT2D eigenvalue weighted by atomic mass is 10.1. The standard InChI is InChI=1S/C6H12N2/c7-3-6-1-5(6)2-8-4-6/h5,8H,1-4,7H2. The average Bonchev–Trinajstić information content (AvgIpc) is 2.38. The summed E-state index contributed by atoms with van der Waals surface area (Å²) < 4.78 is 0. The van der Waals surface area contributed by atoms with Crippen LogP contribution in [0.4, 0.5) is 0 Å². The Morgan fingerprint density at radius 1 is 1.75 bits per heavy atom. The quantitative estimate of drug-likeness (QED) is 0.482. The van der Waals surface area contributed by atoms with Crippen LogP contribution in [0.15, 0.2) is 0 Å². The normalized spacial score (nSPS) is 51.4. The van der Waals surface area contributed by atoms with E-state index in [1.807, 2.05) is 0 Å². The monoisotopic (exact) mass is 112 g/mol. The second-order valence-electron chi connectivity index (χ2n) is 3.10. The molecule has 0 aromatic heterocycles. The maximum Gasteiger partial charge on any atom is 0.00233 e. The van der Waals surface area contributed by atoms with Gasteiger partial charge in [0, 0.05) is 6.54 Å². The molecule has 8 heavy (non-hydrogen) atoms. The highest BCUT2D eigenvalue weighted by Crippen LogP contribution is 2.53. The molecule has 1 heterocycles. The predicted molar refractivity (Wildman–Crippen MR) is 32.5 cm³/mol. The summed E-state index contributed by atoms with van der Waals surface area (Å²) in [7, 11) is 0. The molecule has 2 heteroatoms. The third kappa shape index (κ3) is 0.400. The van der Waals surface area contributed by atoms with E-state index in [2.05, 4.69) is 5.32 Å². The molecule has 1 aliphatic carbocycles. The van der Waals surface area contributed by atoms with Crippen molar-refractivity contribution in [3.05, 3.63) is 0 Å². The largest absolute Gasteiger partial charge is 0.330 e. The lowest BCUT2D eigenvalue weighted by Crippen LogP contribution is -2.23. The van der Waals surface area contributed by atoms with Gasteiger partial charge in [-0.2, -0.15) is 0 Å². The van der Waals surface area contributed by atoms with Crippen molar-refractivity contribution in [2.75, 3.05) is 19.6 Å². The first-order valence-electron chi connectivity index (χ1n) is 3.28. The van der Waals surface area contributed by atoms with Crippen LogP contribution in [0.5, 0.6) is 0 Å². The fraction of sp³-hybridized carbons (Fsp3) is 1.00. The summed E-state index contributed by atoms with van der Waals surface area (Å²) in [6, 6.07) is 0. The second kappa shape index (κ2) is 1.25. The Balaban J connectivity index is 2.08. The third-order valence-corrected chi connectivity index (χ3v) is 2.63. The molecule has 1 aliphatic heterocycles. The summed E-state index contributed by atoms with van der Waals surface area (Å²) in [6.07, 6.45) is 1.39. The van der Waals surface area contributed by atoms with Crippen molar-refractivity contribution in [2.24, 2.45) is 17.1 Å². The van der Waals surface area contributed by atoms with Crippen LogP contribution in [-0.4, -0.2) is 19.6 Å². The second-order valence-corrected chi connectivity index (χ2v) is 3.10. The number of nitrogens with two attached hydrogens (primary N) is 1. The number of nitrogens with one attached hydrogen (secondary N) is 1. The number of fused-ring (bicyclic) bond motifs is 1. The number of piperidine rings is 1. The minimum atomic E-state index is 0.569. The smallest absolute Gasteiger partial charge is 0.00233 e. The lowest BCUT2D eigenvalue weighted by Gasteiger charge is -2.04. The Bertz CT molecular complexity index is 109. The van der Waals surface area contributed by atoms with Crippen LogP contribution in [0.25, 0.3) is 0 Å². The van der Waals surface area contributed by atoms with E-state index >= 15 is 0 Å². The van der Waals surface area contributed by atoms with E-state index < -0.39 is 0 Å². The fourth-order valence-electron chi connectivity index (χ4n) is 1.75.